The van der Waals surface area contributed by atoms with Crippen LogP contribution in [0.2, 0.25) is 0 Å². The topological polar surface area (TPSA) is 32.3 Å². The van der Waals surface area contributed by atoms with E-state index < -0.39 is 0 Å². The van der Waals surface area contributed by atoms with Crippen molar-refractivity contribution in [3.8, 4) is 0 Å². The first kappa shape index (κ1) is 10.8. The monoisotopic (exact) mass is 230 g/mol. The molecule has 0 bridgehead atoms. The van der Waals surface area contributed by atoms with E-state index in [4.69, 9.17) is 0 Å². The fourth-order valence-corrected chi connectivity index (χ4v) is 2.81. The van der Waals surface area contributed by atoms with Crippen LogP contribution >= 0.6 is 0 Å². The molecule has 2 aliphatic heterocycles. The van der Waals surface area contributed by atoms with Crippen molar-refractivity contribution in [2.75, 3.05) is 13.1 Å². The van der Waals surface area contributed by atoms with Crippen LogP contribution in [-0.4, -0.2) is 29.9 Å². The zero-order chi connectivity index (χ0) is 11.7. The molecule has 0 aliphatic carbocycles. The summed E-state index contributed by atoms with van der Waals surface area (Å²) in [5.41, 5.74) is 2.07. The predicted octanol–water partition coefficient (Wildman–Crippen LogP) is 1.78. The Bertz CT molecular complexity index is 424. The van der Waals surface area contributed by atoms with Crippen LogP contribution in [0.15, 0.2) is 24.3 Å². The number of benzene rings is 1. The van der Waals surface area contributed by atoms with Gasteiger partial charge in [0.2, 0.25) is 0 Å². The molecule has 3 heteroatoms. The standard InChI is InChI=1S/C14H18N2O/c17-14-13-7-2-1-5-11(13)9-16(14)10-12-6-3-4-8-15-12/h1-2,5,7,12,15H,3-4,6,8-10H2. The highest BCUT2D eigenvalue weighted by Gasteiger charge is 2.28. The van der Waals surface area contributed by atoms with Gasteiger partial charge in [0.15, 0.2) is 0 Å². The Labute approximate surface area is 102 Å². The minimum absolute atomic E-state index is 0.202. The molecular formula is C14H18N2O. The van der Waals surface area contributed by atoms with Gasteiger partial charge in [-0.05, 0) is 31.0 Å². The molecule has 1 N–H and O–H groups in total. The van der Waals surface area contributed by atoms with Gasteiger partial charge < -0.3 is 10.2 Å². The van der Waals surface area contributed by atoms with Crippen LogP contribution in [0.5, 0.6) is 0 Å². The second-order valence-electron chi connectivity index (χ2n) is 4.99. The molecule has 0 aromatic heterocycles. The highest BCUT2D eigenvalue weighted by molar-refractivity contribution is 5.98. The molecule has 90 valence electrons. The van der Waals surface area contributed by atoms with Gasteiger partial charge in [0.05, 0.1) is 0 Å². The zero-order valence-corrected chi connectivity index (χ0v) is 9.98. The largest absolute Gasteiger partial charge is 0.333 e. The molecule has 1 amide bonds. The molecule has 0 radical (unpaired) electrons. The fourth-order valence-electron chi connectivity index (χ4n) is 2.81. The second-order valence-corrected chi connectivity index (χ2v) is 4.99. The number of amides is 1. The van der Waals surface area contributed by atoms with Gasteiger partial charge in [0.25, 0.3) is 5.91 Å². The second kappa shape index (κ2) is 4.49. The van der Waals surface area contributed by atoms with Crippen molar-refractivity contribution in [3.05, 3.63) is 35.4 Å². The maximum atomic E-state index is 12.2. The van der Waals surface area contributed by atoms with E-state index in [-0.39, 0.29) is 5.91 Å². The van der Waals surface area contributed by atoms with Gasteiger partial charge in [-0.2, -0.15) is 0 Å². The van der Waals surface area contributed by atoms with E-state index in [0.29, 0.717) is 6.04 Å². The van der Waals surface area contributed by atoms with Gasteiger partial charge in [-0.25, -0.2) is 0 Å². The molecule has 0 spiro atoms. The lowest BCUT2D eigenvalue weighted by Crippen LogP contribution is -2.43. The van der Waals surface area contributed by atoms with Crippen molar-refractivity contribution in [1.82, 2.24) is 10.2 Å². The first-order valence-corrected chi connectivity index (χ1v) is 6.45. The fraction of sp³-hybridized carbons (Fsp3) is 0.500. The van der Waals surface area contributed by atoms with E-state index in [1.54, 1.807) is 0 Å². The minimum atomic E-state index is 0.202. The Morgan fingerprint density at radius 1 is 1.29 bits per heavy atom. The number of nitrogens with zero attached hydrogens (tertiary/aromatic N) is 1. The molecule has 17 heavy (non-hydrogen) atoms. The summed E-state index contributed by atoms with van der Waals surface area (Å²) in [5, 5.41) is 3.50. The van der Waals surface area contributed by atoms with E-state index in [1.165, 1.54) is 24.8 Å². The first-order valence-electron chi connectivity index (χ1n) is 6.45. The van der Waals surface area contributed by atoms with E-state index in [2.05, 4.69) is 11.4 Å². The van der Waals surface area contributed by atoms with Crippen LogP contribution < -0.4 is 5.32 Å². The van der Waals surface area contributed by atoms with Crippen LogP contribution in [0, 0.1) is 0 Å². The lowest BCUT2D eigenvalue weighted by molar-refractivity contribution is 0.0755. The molecule has 0 saturated carbocycles. The lowest BCUT2D eigenvalue weighted by atomic mass is 10.0. The molecule has 1 atom stereocenters. The van der Waals surface area contributed by atoms with Gasteiger partial charge in [-0.1, -0.05) is 24.6 Å². The smallest absolute Gasteiger partial charge is 0.254 e. The number of fused-ring (bicyclic) bond motifs is 1. The molecule has 1 unspecified atom stereocenters. The molecule has 1 fully saturated rings. The summed E-state index contributed by atoms with van der Waals surface area (Å²) in [4.78, 5) is 14.1. The van der Waals surface area contributed by atoms with E-state index in [9.17, 15) is 4.79 Å². The minimum Gasteiger partial charge on any atom is -0.333 e. The Kier molecular flexibility index (Phi) is 2.85. The number of piperidine rings is 1. The van der Waals surface area contributed by atoms with Gasteiger partial charge in [0, 0.05) is 24.7 Å². The summed E-state index contributed by atoms with van der Waals surface area (Å²) in [6.45, 7) is 2.74. The van der Waals surface area contributed by atoms with Crippen molar-refractivity contribution in [2.24, 2.45) is 0 Å². The Hall–Kier alpha value is -1.35. The molecule has 3 rings (SSSR count). The number of carbonyl (C=O) groups excluding carboxylic acids is 1. The van der Waals surface area contributed by atoms with Gasteiger partial charge >= 0.3 is 0 Å². The maximum Gasteiger partial charge on any atom is 0.254 e. The first-order chi connectivity index (χ1) is 8.34. The summed E-state index contributed by atoms with van der Waals surface area (Å²) in [7, 11) is 0. The van der Waals surface area contributed by atoms with Crippen molar-refractivity contribution >= 4 is 5.91 Å². The predicted molar refractivity (Wildman–Crippen MR) is 66.8 cm³/mol. The third kappa shape index (κ3) is 2.07. The SMILES string of the molecule is O=C1c2ccccc2CN1CC1CCCCN1. The highest BCUT2D eigenvalue weighted by atomic mass is 16.2. The van der Waals surface area contributed by atoms with Crippen molar-refractivity contribution in [3.63, 3.8) is 0 Å². The van der Waals surface area contributed by atoms with Crippen LogP contribution in [-0.2, 0) is 6.54 Å². The molecule has 1 aromatic rings. The summed E-state index contributed by atoms with van der Waals surface area (Å²) < 4.78 is 0. The molecule has 2 aliphatic rings. The zero-order valence-electron chi connectivity index (χ0n) is 9.98. The van der Waals surface area contributed by atoms with E-state index in [1.807, 2.05) is 23.1 Å². The molecular weight excluding hydrogens is 212 g/mol. The maximum absolute atomic E-state index is 12.2. The van der Waals surface area contributed by atoms with Crippen molar-refractivity contribution in [1.29, 1.82) is 0 Å². The number of hydrogen-bond acceptors (Lipinski definition) is 2. The van der Waals surface area contributed by atoms with E-state index >= 15 is 0 Å². The lowest BCUT2D eigenvalue weighted by Gasteiger charge is -2.27. The molecule has 1 saturated heterocycles. The molecule has 3 nitrogen and oxygen atoms in total. The average Bonchev–Trinajstić information content (AvgIpc) is 2.68. The third-order valence-electron chi connectivity index (χ3n) is 3.75. The highest BCUT2D eigenvalue weighted by Crippen LogP contribution is 2.23. The van der Waals surface area contributed by atoms with Crippen LogP contribution in [0.1, 0.15) is 35.2 Å². The Morgan fingerprint density at radius 2 is 2.18 bits per heavy atom. The van der Waals surface area contributed by atoms with Gasteiger partial charge in [-0.3, -0.25) is 4.79 Å². The number of hydrogen-bond donors (Lipinski definition) is 1. The van der Waals surface area contributed by atoms with Crippen LogP contribution in [0.4, 0.5) is 0 Å². The van der Waals surface area contributed by atoms with Crippen molar-refractivity contribution in [2.45, 2.75) is 31.8 Å². The van der Waals surface area contributed by atoms with E-state index in [0.717, 1.165) is 25.2 Å². The number of carbonyl (C=O) groups is 1. The molecule has 2 heterocycles. The normalized spacial score (nSPS) is 23.9. The number of nitrogens with one attached hydrogen (secondary N) is 1. The number of rotatable bonds is 2. The quantitative estimate of drug-likeness (QED) is 0.840. The van der Waals surface area contributed by atoms with Gasteiger partial charge in [0.1, 0.15) is 0 Å². The van der Waals surface area contributed by atoms with Crippen molar-refractivity contribution < 1.29 is 4.79 Å². The summed E-state index contributed by atoms with van der Waals surface area (Å²) in [6.07, 6.45) is 3.75. The summed E-state index contributed by atoms with van der Waals surface area (Å²) in [5.74, 6) is 0.202. The van der Waals surface area contributed by atoms with Crippen LogP contribution in [0.3, 0.4) is 0 Å². The average molecular weight is 230 g/mol. The summed E-state index contributed by atoms with van der Waals surface area (Å²) in [6, 6.07) is 8.43. The Morgan fingerprint density at radius 3 is 2.94 bits per heavy atom. The van der Waals surface area contributed by atoms with Crippen LogP contribution in [0.25, 0.3) is 0 Å². The summed E-state index contributed by atoms with van der Waals surface area (Å²) >= 11 is 0. The Balaban J connectivity index is 1.69. The molecule has 1 aromatic carbocycles. The third-order valence-corrected chi connectivity index (χ3v) is 3.75. The van der Waals surface area contributed by atoms with Gasteiger partial charge in [-0.15, -0.1) is 0 Å².